The van der Waals surface area contributed by atoms with Gasteiger partial charge >= 0.3 is 0 Å². The van der Waals surface area contributed by atoms with E-state index in [1.807, 2.05) is 12.1 Å². The van der Waals surface area contributed by atoms with Crippen LogP contribution in [0.4, 0.5) is 5.69 Å². The first-order valence-corrected chi connectivity index (χ1v) is 13.1. The van der Waals surface area contributed by atoms with E-state index in [-0.39, 0.29) is 12.0 Å². The summed E-state index contributed by atoms with van der Waals surface area (Å²) in [4.78, 5) is 0. The molecule has 3 rings (SSSR count). The van der Waals surface area contributed by atoms with Gasteiger partial charge in [0.05, 0.1) is 11.4 Å². The van der Waals surface area contributed by atoms with Crippen molar-refractivity contribution in [3.05, 3.63) is 23.8 Å². The third-order valence-corrected chi connectivity index (χ3v) is 8.42. The molecule has 1 aromatic carbocycles. The van der Waals surface area contributed by atoms with Gasteiger partial charge in [-0.15, -0.1) is 0 Å². The summed E-state index contributed by atoms with van der Waals surface area (Å²) in [5, 5.41) is 13.5. The molecule has 2 saturated carbocycles. The van der Waals surface area contributed by atoms with Gasteiger partial charge < -0.3 is 15.2 Å². The number of rotatable bonds is 9. The van der Waals surface area contributed by atoms with Crippen LogP contribution in [0.15, 0.2) is 18.2 Å². The van der Waals surface area contributed by atoms with E-state index < -0.39 is 21.5 Å². The highest BCUT2D eigenvalue weighted by Crippen LogP contribution is 2.31. The average Bonchev–Trinajstić information content (AvgIpc) is 3.22. The number of anilines is 1. The molecular formula is C23H38N2O4S. The third-order valence-electron chi connectivity index (χ3n) is 6.52. The Hall–Kier alpha value is -1.31. The van der Waals surface area contributed by atoms with Crippen molar-refractivity contribution in [2.45, 2.75) is 102 Å². The molecule has 0 heterocycles. The van der Waals surface area contributed by atoms with Crippen LogP contribution in [-0.4, -0.2) is 37.1 Å². The number of hydrogen-bond donors (Lipinski definition) is 3. The normalized spacial score (nSPS) is 24.2. The monoisotopic (exact) mass is 438 g/mol. The molecular weight excluding hydrogens is 400 g/mol. The van der Waals surface area contributed by atoms with Gasteiger partial charge in [-0.2, -0.15) is 0 Å². The molecule has 0 amide bonds. The largest absolute Gasteiger partial charge is 0.490 e. The lowest BCUT2D eigenvalue weighted by Crippen LogP contribution is -2.43. The molecule has 1 atom stereocenters. The van der Waals surface area contributed by atoms with Crippen LogP contribution in [0.3, 0.4) is 0 Å². The van der Waals surface area contributed by atoms with Crippen molar-refractivity contribution < 1.29 is 18.3 Å². The predicted molar refractivity (Wildman–Crippen MR) is 121 cm³/mol. The van der Waals surface area contributed by atoms with Gasteiger partial charge in [0, 0.05) is 17.6 Å². The van der Waals surface area contributed by atoms with Crippen LogP contribution in [0.1, 0.15) is 77.7 Å². The Kier molecular flexibility index (Phi) is 8.04. The van der Waals surface area contributed by atoms with Crippen molar-refractivity contribution in [3.8, 4) is 5.75 Å². The lowest BCUT2D eigenvalue weighted by atomic mass is 9.85. The Morgan fingerprint density at radius 1 is 1.10 bits per heavy atom. The molecule has 2 fully saturated rings. The van der Waals surface area contributed by atoms with E-state index in [4.69, 9.17) is 4.74 Å². The third kappa shape index (κ3) is 6.11. The zero-order valence-corrected chi connectivity index (χ0v) is 19.4. The summed E-state index contributed by atoms with van der Waals surface area (Å²) >= 11 is 0. The minimum absolute atomic E-state index is 0.0282. The number of nitrogens with one attached hydrogen (secondary N) is 2. The van der Waals surface area contributed by atoms with Crippen LogP contribution < -0.4 is 14.8 Å². The van der Waals surface area contributed by atoms with Gasteiger partial charge in [0.25, 0.3) is 0 Å². The average molecular weight is 439 g/mol. The molecule has 0 saturated heterocycles. The lowest BCUT2D eigenvalue weighted by molar-refractivity contribution is 0.103. The van der Waals surface area contributed by atoms with Crippen LogP contribution in [0.2, 0.25) is 0 Å². The van der Waals surface area contributed by atoms with E-state index in [0.29, 0.717) is 6.10 Å². The summed E-state index contributed by atoms with van der Waals surface area (Å²) in [6.45, 7) is 5.50. The zero-order chi connectivity index (χ0) is 21.7. The van der Waals surface area contributed by atoms with E-state index in [1.165, 1.54) is 12.8 Å². The van der Waals surface area contributed by atoms with Crippen LogP contribution in [0, 0.1) is 5.92 Å². The fourth-order valence-corrected chi connectivity index (χ4v) is 5.43. The van der Waals surface area contributed by atoms with Crippen molar-refractivity contribution in [2.24, 2.45) is 5.92 Å². The quantitative estimate of drug-likeness (QED) is 0.503. The number of aliphatic hydroxyl groups excluding tert-OH is 1. The zero-order valence-electron chi connectivity index (χ0n) is 18.6. The molecule has 6 nitrogen and oxygen atoms in total. The second kappa shape index (κ2) is 10.3. The number of benzene rings is 1. The van der Waals surface area contributed by atoms with Crippen molar-refractivity contribution in [1.82, 2.24) is 4.72 Å². The van der Waals surface area contributed by atoms with Crippen molar-refractivity contribution in [2.75, 3.05) is 5.32 Å². The van der Waals surface area contributed by atoms with Gasteiger partial charge in [-0.05, 0) is 95.4 Å². The maximum absolute atomic E-state index is 12.1. The van der Waals surface area contributed by atoms with Crippen LogP contribution in [0.5, 0.6) is 5.75 Å². The summed E-state index contributed by atoms with van der Waals surface area (Å²) in [5.74, 6) is 1.08. The summed E-state index contributed by atoms with van der Waals surface area (Å²) in [6, 6.07) is 6.05. The fourth-order valence-electron chi connectivity index (χ4n) is 4.46. The Morgan fingerprint density at radius 2 is 1.77 bits per heavy atom. The van der Waals surface area contributed by atoms with Crippen molar-refractivity contribution in [1.29, 1.82) is 0 Å². The van der Waals surface area contributed by atoms with Gasteiger partial charge in [0.15, 0.2) is 0 Å². The van der Waals surface area contributed by atoms with Crippen molar-refractivity contribution in [3.63, 3.8) is 0 Å². The summed E-state index contributed by atoms with van der Waals surface area (Å²) in [6.07, 6.45) is 8.45. The van der Waals surface area contributed by atoms with Crippen LogP contribution in [0.25, 0.3) is 0 Å². The maximum atomic E-state index is 12.1. The molecule has 0 aliphatic heterocycles. The standard InChI is InChI=1S/C23H38N2O4S/c1-4-17-15-20(13-14-22(17)29-21-7-5-6-8-21)24-23(26)18-9-11-19(12-10-18)25-30(27,28)16(2)3/h13-16,18-19,21,23-26H,4-12H2,1-3H3. The Labute approximate surface area is 181 Å². The maximum Gasteiger partial charge on any atom is 0.214 e. The summed E-state index contributed by atoms with van der Waals surface area (Å²) < 4.78 is 33.1. The highest BCUT2D eigenvalue weighted by Gasteiger charge is 2.29. The summed E-state index contributed by atoms with van der Waals surface area (Å²) in [7, 11) is -3.24. The van der Waals surface area contributed by atoms with Crippen LogP contribution in [-0.2, 0) is 16.4 Å². The molecule has 0 spiro atoms. The first kappa shape index (κ1) is 23.4. The van der Waals surface area contributed by atoms with Crippen LogP contribution >= 0.6 is 0 Å². The van der Waals surface area contributed by atoms with Gasteiger partial charge in [-0.3, -0.25) is 0 Å². The van der Waals surface area contributed by atoms with E-state index in [9.17, 15) is 13.5 Å². The highest BCUT2D eigenvalue weighted by molar-refractivity contribution is 7.90. The van der Waals surface area contributed by atoms with E-state index in [1.54, 1.807) is 13.8 Å². The molecule has 0 radical (unpaired) electrons. The smallest absolute Gasteiger partial charge is 0.214 e. The number of sulfonamides is 1. The number of aliphatic hydroxyl groups is 1. The number of aryl methyl sites for hydroxylation is 1. The topological polar surface area (TPSA) is 87.7 Å². The Bertz CT molecular complexity index is 782. The summed E-state index contributed by atoms with van der Waals surface area (Å²) in [5.41, 5.74) is 2.06. The minimum atomic E-state index is -3.24. The molecule has 7 heteroatoms. The van der Waals surface area contributed by atoms with E-state index >= 15 is 0 Å². The molecule has 170 valence electrons. The lowest BCUT2D eigenvalue weighted by Gasteiger charge is -2.32. The number of ether oxygens (including phenoxy) is 1. The predicted octanol–water partition coefficient (Wildman–Crippen LogP) is 4.19. The Morgan fingerprint density at radius 3 is 2.37 bits per heavy atom. The first-order valence-electron chi connectivity index (χ1n) is 11.5. The second-order valence-electron chi connectivity index (χ2n) is 9.11. The fraction of sp³-hybridized carbons (Fsp3) is 0.739. The molecule has 0 aromatic heterocycles. The van der Waals surface area contributed by atoms with E-state index in [0.717, 1.165) is 61.9 Å². The molecule has 2 aliphatic rings. The minimum Gasteiger partial charge on any atom is -0.490 e. The van der Waals surface area contributed by atoms with Gasteiger partial charge in [0.2, 0.25) is 10.0 Å². The van der Waals surface area contributed by atoms with Gasteiger partial charge in [-0.1, -0.05) is 6.92 Å². The highest BCUT2D eigenvalue weighted by atomic mass is 32.2. The molecule has 2 aliphatic carbocycles. The van der Waals surface area contributed by atoms with Crippen molar-refractivity contribution >= 4 is 15.7 Å². The SMILES string of the molecule is CCc1cc(NC(O)C2CCC(NS(=O)(=O)C(C)C)CC2)ccc1OC1CCCC1. The molecule has 30 heavy (non-hydrogen) atoms. The van der Waals surface area contributed by atoms with Gasteiger partial charge in [-0.25, -0.2) is 13.1 Å². The Balaban J connectivity index is 1.52. The molecule has 1 unspecified atom stereocenters. The molecule has 0 bridgehead atoms. The second-order valence-corrected chi connectivity index (χ2v) is 11.4. The number of hydrogen-bond acceptors (Lipinski definition) is 5. The molecule has 1 aromatic rings. The van der Waals surface area contributed by atoms with E-state index in [2.05, 4.69) is 23.0 Å². The molecule has 3 N–H and O–H groups in total. The van der Waals surface area contributed by atoms with Gasteiger partial charge in [0.1, 0.15) is 12.0 Å². The first-order chi connectivity index (χ1) is 14.3.